The van der Waals surface area contributed by atoms with E-state index in [-0.39, 0.29) is 11.9 Å². The lowest BCUT2D eigenvalue weighted by Gasteiger charge is -2.13. The Morgan fingerprint density at radius 2 is 1.96 bits per heavy atom. The summed E-state index contributed by atoms with van der Waals surface area (Å²) in [4.78, 5) is 25.3. The molecule has 6 heteroatoms. The van der Waals surface area contributed by atoms with Crippen LogP contribution >= 0.6 is 23.4 Å². The van der Waals surface area contributed by atoms with E-state index in [0.717, 1.165) is 29.1 Å². The van der Waals surface area contributed by atoms with Gasteiger partial charge in [-0.05, 0) is 61.7 Å². The normalized spacial score (nSPS) is 14.5. The maximum atomic E-state index is 12.3. The van der Waals surface area contributed by atoms with Crippen molar-refractivity contribution in [1.29, 1.82) is 0 Å². The Morgan fingerprint density at radius 1 is 1.23 bits per heavy atom. The molecule has 0 aromatic heterocycles. The smallest absolute Gasteiger partial charge is 0.338 e. The van der Waals surface area contributed by atoms with Gasteiger partial charge in [0.05, 0.1) is 5.56 Å². The molecule has 1 N–H and O–H groups in total. The van der Waals surface area contributed by atoms with Crippen LogP contribution in [0.1, 0.15) is 35.7 Å². The van der Waals surface area contributed by atoms with E-state index in [1.54, 1.807) is 30.8 Å². The van der Waals surface area contributed by atoms with E-state index in [9.17, 15) is 9.59 Å². The van der Waals surface area contributed by atoms with Gasteiger partial charge < -0.3 is 10.1 Å². The fourth-order valence-corrected chi connectivity index (χ4v) is 3.28. The number of nitrogens with one attached hydrogen (secondary N) is 1. The van der Waals surface area contributed by atoms with Crippen LogP contribution in [-0.2, 0) is 15.3 Å². The lowest BCUT2D eigenvalue weighted by atomic mass is 10.1. The molecule has 1 fully saturated rings. The fourth-order valence-electron chi connectivity index (χ4n) is 2.31. The molecule has 2 aromatic carbocycles. The zero-order valence-electron chi connectivity index (χ0n) is 14.4. The van der Waals surface area contributed by atoms with E-state index in [4.69, 9.17) is 16.3 Å². The molecule has 2 aromatic rings. The summed E-state index contributed by atoms with van der Waals surface area (Å²) in [7, 11) is 0. The first-order valence-electron chi connectivity index (χ1n) is 8.50. The summed E-state index contributed by atoms with van der Waals surface area (Å²) in [5.74, 6) is -0.00223. The summed E-state index contributed by atoms with van der Waals surface area (Å²) in [5, 5.41) is 3.54. The summed E-state index contributed by atoms with van der Waals surface area (Å²) in [6.07, 6.45) is 1.20. The Hall–Kier alpha value is -1.98. The predicted octanol–water partition coefficient (Wildman–Crippen LogP) is 4.46. The third-order valence-electron chi connectivity index (χ3n) is 3.96. The van der Waals surface area contributed by atoms with Gasteiger partial charge in [0.1, 0.15) is 0 Å². The SMILES string of the molecule is C[C@@H](OC(=O)c1cccc(CSc2ccc(Cl)cc2)c1)C(=O)NC1CC1. The van der Waals surface area contributed by atoms with Crippen molar-refractivity contribution in [2.24, 2.45) is 0 Å². The zero-order chi connectivity index (χ0) is 18.5. The average Bonchev–Trinajstić information content (AvgIpc) is 3.45. The van der Waals surface area contributed by atoms with E-state index < -0.39 is 12.1 Å². The first kappa shape index (κ1) is 18.8. The lowest BCUT2D eigenvalue weighted by Crippen LogP contribution is -2.37. The lowest BCUT2D eigenvalue weighted by molar-refractivity contribution is -0.129. The van der Waals surface area contributed by atoms with Crippen LogP contribution < -0.4 is 5.32 Å². The maximum Gasteiger partial charge on any atom is 0.338 e. The van der Waals surface area contributed by atoms with Crippen LogP contribution in [0.2, 0.25) is 5.02 Å². The molecular formula is C20H20ClNO3S. The molecule has 0 aliphatic heterocycles. The van der Waals surface area contributed by atoms with E-state index >= 15 is 0 Å². The molecule has 3 rings (SSSR count). The van der Waals surface area contributed by atoms with Gasteiger partial charge in [0, 0.05) is 21.7 Å². The van der Waals surface area contributed by atoms with Crippen molar-refractivity contribution in [2.75, 3.05) is 0 Å². The molecule has 1 aliphatic rings. The Kier molecular flexibility index (Phi) is 6.22. The minimum Gasteiger partial charge on any atom is -0.449 e. The van der Waals surface area contributed by atoms with Crippen LogP contribution in [0.5, 0.6) is 0 Å². The second-order valence-corrected chi connectivity index (χ2v) is 7.76. The third-order valence-corrected chi connectivity index (χ3v) is 5.29. The third kappa shape index (κ3) is 5.51. The highest BCUT2D eigenvalue weighted by atomic mass is 35.5. The molecule has 1 saturated carbocycles. The Morgan fingerprint density at radius 3 is 2.65 bits per heavy atom. The van der Waals surface area contributed by atoms with Crippen molar-refractivity contribution in [3.63, 3.8) is 0 Å². The molecule has 1 atom stereocenters. The van der Waals surface area contributed by atoms with Gasteiger partial charge in [-0.3, -0.25) is 4.79 Å². The summed E-state index contributed by atoms with van der Waals surface area (Å²) >= 11 is 7.55. The number of halogens is 1. The van der Waals surface area contributed by atoms with Gasteiger partial charge in [0.2, 0.25) is 0 Å². The summed E-state index contributed by atoms with van der Waals surface area (Å²) in [6, 6.07) is 15.2. The summed E-state index contributed by atoms with van der Waals surface area (Å²) in [5.41, 5.74) is 1.46. The summed E-state index contributed by atoms with van der Waals surface area (Å²) < 4.78 is 5.29. The Labute approximate surface area is 162 Å². The summed E-state index contributed by atoms with van der Waals surface area (Å²) in [6.45, 7) is 1.59. The number of rotatable bonds is 7. The first-order valence-corrected chi connectivity index (χ1v) is 9.86. The monoisotopic (exact) mass is 389 g/mol. The van der Waals surface area contributed by atoms with Gasteiger partial charge >= 0.3 is 5.97 Å². The Bertz CT molecular complexity index is 790. The molecule has 0 saturated heterocycles. The molecule has 136 valence electrons. The van der Waals surface area contributed by atoms with E-state index in [1.165, 1.54) is 0 Å². The largest absolute Gasteiger partial charge is 0.449 e. The number of carbonyl (C=O) groups is 2. The molecule has 4 nitrogen and oxygen atoms in total. The van der Waals surface area contributed by atoms with Crippen LogP contribution in [0.4, 0.5) is 0 Å². The predicted molar refractivity (Wildman–Crippen MR) is 103 cm³/mol. The highest BCUT2D eigenvalue weighted by molar-refractivity contribution is 7.98. The van der Waals surface area contributed by atoms with E-state index in [1.807, 2.05) is 36.4 Å². The quantitative estimate of drug-likeness (QED) is 0.561. The molecule has 26 heavy (non-hydrogen) atoms. The number of thioether (sulfide) groups is 1. The van der Waals surface area contributed by atoms with Crippen molar-refractivity contribution in [3.05, 3.63) is 64.7 Å². The van der Waals surface area contributed by atoms with Crippen LogP contribution in [0, 0.1) is 0 Å². The standard InChI is InChI=1S/C20H20ClNO3S/c1-13(19(23)22-17-7-8-17)25-20(24)15-4-2-3-14(11-15)12-26-18-9-5-16(21)6-10-18/h2-6,9-11,13,17H,7-8,12H2,1H3,(H,22,23)/t13-/m1/s1. The average molecular weight is 390 g/mol. The maximum absolute atomic E-state index is 12.3. The Balaban J connectivity index is 1.56. The molecule has 0 unspecified atom stereocenters. The molecule has 0 heterocycles. The van der Waals surface area contributed by atoms with Crippen LogP contribution in [0.3, 0.4) is 0 Å². The number of benzene rings is 2. The van der Waals surface area contributed by atoms with Crippen molar-refractivity contribution in [1.82, 2.24) is 5.32 Å². The highest BCUT2D eigenvalue weighted by Crippen LogP contribution is 2.25. The molecule has 0 spiro atoms. The molecular weight excluding hydrogens is 370 g/mol. The first-order chi connectivity index (χ1) is 12.5. The van der Waals surface area contributed by atoms with Gasteiger partial charge in [0.15, 0.2) is 6.10 Å². The van der Waals surface area contributed by atoms with Crippen LogP contribution in [-0.4, -0.2) is 24.0 Å². The van der Waals surface area contributed by atoms with Gasteiger partial charge in [-0.1, -0.05) is 23.7 Å². The van der Waals surface area contributed by atoms with Gasteiger partial charge in [-0.15, -0.1) is 11.8 Å². The molecule has 1 aliphatic carbocycles. The number of esters is 1. The molecule has 0 bridgehead atoms. The number of carbonyl (C=O) groups excluding carboxylic acids is 2. The second kappa shape index (κ2) is 8.60. The van der Waals surface area contributed by atoms with Gasteiger partial charge in [0.25, 0.3) is 5.91 Å². The van der Waals surface area contributed by atoms with Crippen molar-refractivity contribution < 1.29 is 14.3 Å². The number of hydrogen-bond acceptors (Lipinski definition) is 4. The van der Waals surface area contributed by atoms with E-state index in [2.05, 4.69) is 5.32 Å². The van der Waals surface area contributed by atoms with Gasteiger partial charge in [-0.2, -0.15) is 0 Å². The number of ether oxygens (including phenoxy) is 1. The van der Waals surface area contributed by atoms with Crippen LogP contribution in [0.25, 0.3) is 0 Å². The minimum absolute atomic E-state index is 0.240. The van der Waals surface area contributed by atoms with Gasteiger partial charge in [-0.25, -0.2) is 4.79 Å². The van der Waals surface area contributed by atoms with Crippen molar-refractivity contribution >= 4 is 35.2 Å². The van der Waals surface area contributed by atoms with E-state index in [0.29, 0.717) is 10.6 Å². The minimum atomic E-state index is -0.796. The highest BCUT2D eigenvalue weighted by Gasteiger charge is 2.27. The fraction of sp³-hybridized carbons (Fsp3) is 0.300. The van der Waals surface area contributed by atoms with Crippen LogP contribution in [0.15, 0.2) is 53.4 Å². The molecule has 0 radical (unpaired) electrons. The van der Waals surface area contributed by atoms with Crippen molar-refractivity contribution in [2.45, 2.75) is 42.6 Å². The second-order valence-electron chi connectivity index (χ2n) is 6.27. The van der Waals surface area contributed by atoms with Crippen molar-refractivity contribution in [3.8, 4) is 0 Å². The zero-order valence-corrected chi connectivity index (χ0v) is 16.0. The number of amides is 1. The topological polar surface area (TPSA) is 55.4 Å². The number of hydrogen-bond donors (Lipinski definition) is 1. The molecule has 1 amide bonds.